The summed E-state index contributed by atoms with van der Waals surface area (Å²) < 4.78 is 40.1. The van der Waals surface area contributed by atoms with E-state index < -0.39 is 30.9 Å². The number of aromatic nitrogens is 5. The number of hydrogen-bond acceptors (Lipinski definition) is 4. The standard InChI is InChI=1S/C24H19F3N6O2/c1-14-3-2-4-20-22(14)33(23(35)32(20)12-21(34)29-13-24(25,26)27)16-7-5-15(6-8-16)17-9-28-11-19-18(17)10-30-31-19/h2-11H,12-13H2,1H3,(H,29,34)(H,30,31). The van der Waals surface area contributed by atoms with E-state index in [1.54, 1.807) is 42.9 Å². The van der Waals surface area contributed by atoms with Gasteiger partial charge in [0, 0.05) is 17.1 Å². The van der Waals surface area contributed by atoms with E-state index in [-0.39, 0.29) is 0 Å². The Hall–Kier alpha value is -4.41. The van der Waals surface area contributed by atoms with Crippen LogP contribution in [0.3, 0.4) is 0 Å². The molecule has 0 aliphatic rings. The summed E-state index contributed by atoms with van der Waals surface area (Å²) in [6.07, 6.45) is 0.589. The van der Waals surface area contributed by atoms with Crippen molar-refractivity contribution in [3.8, 4) is 16.8 Å². The van der Waals surface area contributed by atoms with Gasteiger partial charge in [0.1, 0.15) is 13.1 Å². The number of amides is 1. The molecule has 11 heteroatoms. The molecular weight excluding hydrogens is 461 g/mol. The maximum atomic E-state index is 13.4. The Morgan fingerprint density at radius 1 is 1.09 bits per heavy atom. The van der Waals surface area contributed by atoms with Crippen LogP contribution < -0.4 is 11.0 Å². The number of aromatic amines is 1. The second-order valence-electron chi connectivity index (χ2n) is 8.10. The zero-order valence-corrected chi connectivity index (χ0v) is 18.4. The zero-order chi connectivity index (χ0) is 24.7. The highest BCUT2D eigenvalue weighted by Crippen LogP contribution is 2.28. The van der Waals surface area contributed by atoms with Gasteiger partial charge in [0.15, 0.2) is 0 Å². The Labute approximate surface area is 196 Å². The molecule has 2 aromatic carbocycles. The number of carbonyl (C=O) groups excluding carboxylic acids is 1. The van der Waals surface area contributed by atoms with Crippen LogP contribution in [-0.4, -0.2) is 42.9 Å². The number of H-pyrrole nitrogens is 1. The van der Waals surface area contributed by atoms with Gasteiger partial charge < -0.3 is 5.32 Å². The molecule has 0 bridgehead atoms. The highest BCUT2D eigenvalue weighted by Gasteiger charge is 2.28. The van der Waals surface area contributed by atoms with E-state index in [4.69, 9.17) is 0 Å². The van der Waals surface area contributed by atoms with Crippen molar-refractivity contribution >= 4 is 27.8 Å². The van der Waals surface area contributed by atoms with Gasteiger partial charge in [-0.1, -0.05) is 24.3 Å². The Bertz CT molecular complexity index is 1610. The fourth-order valence-corrected chi connectivity index (χ4v) is 4.15. The van der Waals surface area contributed by atoms with Gasteiger partial charge in [-0.15, -0.1) is 0 Å². The number of aryl methyl sites for hydroxylation is 1. The number of para-hydroxylation sites is 1. The summed E-state index contributed by atoms with van der Waals surface area (Å²) >= 11 is 0. The second kappa shape index (κ2) is 8.42. The Morgan fingerprint density at radius 3 is 2.60 bits per heavy atom. The number of hydrogen-bond donors (Lipinski definition) is 2. The van der Waals surface area contributed by atoms with Crippen LogP contribution in [0, 0.1) is 6.92 Å². The third-order valence-electron chi connectivity index (χ3n) is 5.74. The van der Waals surface area contributed by atoms with Crippen molar-refractivity contribution in [1.82, 2.24) is 29.6 Å². The lowest BCUT2D eigenvalue weighted by Gasteiger charge is -2.08. The Morgan fingerprint density at radius 2 is 1.86 bits per heavy atom. The summed E-state index contributed by atoms with van der Waals surface area (Å²) in [5.74, 6) is -0.902. The van der Waals surface area contributed by atoms with Gasteiger partial charge >= 0.3 is 11.9 Å². The number of nitrogens with zero attached hydrogens (tertiary/aromatic N) is 4. The maximum Gasteiger partial charge on any atom is 0.405 e. The van der Waals surface area contributed by atoms with Crippen molar-refractivity contribution in [2.75, 3.05) is 6.54 Å². The number of halogens is 3. The van der Waals surface area contributed by atoms with E-state index in [9.17, 15) is 22.8 Å². The summed E-state index contributed by atoms with van der Waals surface area (Å²) in [6, 6.07) is 12.5. The van der Waals surface area contributed by atoms with Crippen LogP contribution >= 0.6 is 0 Å². The van der Waals surface area contributed by atoms with E-state index in [1.807, 2.05) is 30.4 Å². The van der Waals surface area contributed by atoms with Crippen molar-refractivity contribution < 1.29 is 18.0 Å². The number of nitrogens with one attached hydrogen (secondary N) is 2. The average Bonchev–Trinajstić information content (AvgIpc) is 3.41. The zero-order valence-electron chi connectivity index (χ0n) is 18.4. The number of pyridine rings is 1. The van der Waals surface area contributed by atoms with Crippen molar-refractivity contribution in [2.45, 2.75) is 19.6 Å². The third kappa shape index (κ3) is 4.16. The van der Waals surface area contributed by atoms with Crippen molar-refractivity contribution in [2.24, 2.45) is 0 Å². The van der Waals surface area contributed by atoms with Crippen LogP contribution in [-0.2, 0) is 11.3 Å². The number of imidazole rings is 1. The molecular formula is C24H19F3N6O2. The van der Waals surface area contributed by atoms with E-state index in [0.29, 0.717) is 16.7 Å². The summed E-state index contributed by atoms with van der Waals surface area (Å²) in [7, 11) is 0. The minimum Gasteiger partial charge on any atom is -0.345 e. The maximum absolute atomic E-state index is 13.4. The number of benzene rings is 2. The number of alkyl halides is 3. The smallest absolute Gasteiger partial charge is 0.345 e. The minimum absolute atomic E-state index is 0.452. The van der Waals surface area contributed by atoms with Gasteiger partial charge in [-0.25, -0.2) is 4.79 Å². The minimum atomic E-state index is -4.54. The lowest BCUT2D eigenvalue weighted by molar-refractivity contribution is -0.138. The fourth-order valence-electron chi connectivity index (χ4n) is 4.15. The molecule has 0 saturated carbocycles. The molecule has 0 aliphatic heterocycles. The van der Waals surface area contributed by atoms with E-state index in [2.05, 4.69) is 15.2 Å². The quantitative estimate of drug-likeness (QED) is 0.401. The first-order valence-electron chi connectivity index (χ1n) is 10.6. The summed E-state index contributed by atoms with van der Waals surface area (Å²) in [5, 5.41) is 9.66. The molecule has 178 valence electrons. The molecule has 5 rings (SSSR count). The van der Waals surface area contributed by atoms with Gasteiger partial charge in [0.05, 0.1) is 34.6 Å². The third-order valence-corrected chi connectivity index (χ3v) is 5.74. The van der Waals surface area contributed by atoms with Crippen LogP contribution in [0.5, 0.6) is 0 Å². The summed E-state index contributed by atoms with van der Waals surface area (Å²) in [5.41, 5.74) is 4.38. The molecule has 8 nitrogen and oxygen atoms in total. The summed E-state index contributed by atoms with van der Waals surface area (Å²) in [6.45, 7) is -0.169. The fraction of sp³-hybridized carbons (Fsp3) is 0.167. The molecule has 0 spiro atoms. The SMILES string of the molecule is Cc1cccc2c1n(-c1ccc(-c3cncc4[nH]ncc34)cc1)c(=O)n2CC(=O)NCC(F)(F)F. The first kappa shape index (κ1) is 22.4. The number of carbonyl (C=O) groups is 1. The predicted octanol–water partition coefficient (Wildman–Crippen LogP) is 3.72. The largest absolute Gasteiger partial charge is 0.405 e. The molecule has 3 aromatic heterocycles. The highest BCUT2D eigenvalue weighted by molar-refractivity contribution is 5.93. The molecule has 0 fully saturated rings. The molecule has 3 heterocycles. The lowest BCUT2D eigenvalue weighted by atomic mass is 10.0. The molecule has 5 aromatic rings. The Kier molecular flexibility index (Phi) is 5.39. The van der Waals surface area contributed by atoms with Gasteiger partial charge in [-0.2, -0.15) is 18.3 Å². The number of fused-ring (bicyclic) bond motifs is 2. The molecule has 1 amide bonds. The topological polar surface area (TPSA) is 97.6 Å². The van der Waals surface area contributed by atoms with Crippen molar-refractivity contribution in [1.29, 1.82) is 0 Å². The monoisotopic (exact) mass is 480 g/mol. The molecule has 0 unspecified atom stereocenters. The van der Waals surface area contributed by atoms with Crippen LogP contribution in [0.25, 0.3) is 38.8 Å². The van der Waals surface area contributed by atoms with Gasteiger partial charge in [0.25, 0.3) is 0 Å². The van der Waals surface area contributed by atoms with Crippen molar-refractivity contribution in [3.63, 3.8) is 0 Å². The Balaban J connectivity index is 1.56. The second-order valence-corrected chi connectivity index (χ2v) is 8.10. The van der Waals surface area contributed by atoms with E-state index in [0.717, 1.165) is 27.6 Å². The van der Waals surface area contributed by atoms with Crippen LogP contribution in [0.15, 0.2) is 65.8 Å². The van der Waals surface area contributed by atoms with Crippen LogP contribution in [0.4, 0.5) is 13.2 Å². The van der Waals surface area contributed by atoms with E-state index >= 15 is 0 Å². The van der Waals surface area contributed by atoms with Gasteiger partial charge in [-0.3, -0.25) is 24.0 Å². The molecule has 0 atom stereocenters. The van der Waals surface area contributed by atoms with E-state index in [1.165, 1.54) is 9.13 Å². The number of rotatable bonds is 5. The van der Waals surface area contributed by atoms with Crippen LogP contribution in [0.2, 0.25) is 0 Å². The van der Waals surface area contributed by atoms with Gasteiger partial charge in [-0.05, 0) is 36.2 Å². The molecule has 0 aliphatic carbocycles. The lowest BCUT2D eigenvalue weighted by Crippen LogP contribution is -2.37. The first-order valence-corrected chi connectivity index (χ1v) is 10.6. The molecule has 35 heavy (non-hydrogen) atoms. The molecule has 0 radical (unpaired) electrons. The highest BCUT2D eigenvalue weighted by atomic mass is 19.4. The molecule has 2 N–H and O–H groups in total. The first-order chi connectivity index (χ1) is 16.7. The van der Waals surface area contributed by atoms with Crippen molar-refractivity contribution in [3.05, 3.63) is 77.1 Å². The van der Waals surface area contributed by atoms with Gasteiger partial charge in [0.2, 0.25) is 5.91 Å². The predicted molar refractivity (Wildman–Crippen MR) is 124 cm³/mol. The average molecular weight is 480 g/mol. The molecule has 0 saturated heterocycles. The summed E-state index contributed by atoms with van der Waals surface area (Å²) in [4.78, 5) is 29.8. The van der Waals surface area contributed by atoms with Crippen LogP contribution in [0.1, 0.15) is 5.56 Å². The normalized spacial score (nSPS) is 11.9.